The van der Waals surface area contributed by atoms with Crippen molar-refractivity contribution in [3.63, 3.8) is 0 Å². The van der Waals surface area contributed by atoms with Gasteiger partial charge in [0, 0.05) is 12.8 Å². The first kappa shape index (κ1) is 12.3. The van der Waals surface area contributed by atoms with Gasteiger partial charge in [-0.15, -0.1) is 0 Å². The molecule has 0 amide bonds. The van der Waals surface area contributed by atoms with Crippen LogP contribution in [-0.4, -0.2) is 5.78 Å². The van der Waals surface area contributed by atoms with E-state index in [2.05, 4.69) is 0 Å². The molecule has 2 heteroatoms. The van der Waals surface area contributed by atoms with Crippen LogP contribution < -0.4 is 6.15 Å². The standard InChI is InChI=1S/C7H12O.CH4.H3N/c8-7-5-3-1-2-4-6-7;;/h1-6H2;1H4;1H3. The van der Waals surface area contributed by atoms with Gasteiger partial charge in [-0.2, -0.15) is 0 Å². The van der Waals surface area contributed by atoms with Crippen molar-refractivity contribution in [2.24, 2.45) is 0 Å². The van der Waals surface area contributed by atoms with Gasteiger partial charge in [0.2, 0.25) is 0 Å². The van der Waals surface area contributed by atoms with E-state index in [1.165, 1.54) is 12.8 Å². The second kappa shape index (κ2) is 6.75. The number of hydrogen-bond donors (Lipinski definition) is 1. The molecule has 62 valence electrons. The highest BCUT2D eigenvalue weighted by Gasteiger charge is 2.04. The molecule has 1 aliphatic rings. The summed E-state index contributed by atoms with van der Waals surface area (Å²) in [5, 5.41) is 0. The third kappa shape index (κ3) is 4.50. The summed E-state index contributed by atoms with van der Waals surface area (Å²) in [6, 6.07) is 0. The highest BCUT2D eigenvalue weighted by Crippen LogP contribution is 2.12. The van der Waals surface area contributed by atoms with E-state index < -0.39 is 0 Å². The van der Waals surface area contributed by atoms with Crippen molar-refractivity contribution in [2.75, 3.05) is 0 Å². The molecule has 0 radical (unpaired) electrons. The Morgan fingerprint density at radius 1 is 0.900 bits per heavy atom. The van der Waals surface area contributed by atoms with Crippen LogP contribution in [0.4, 0.5) is 0 Å². The van der Waals surface area contributed by atoms with Crippen molar-refractivity contribution in [1.29, 1.82) is 0 Å². The first-order valence-corrected chi connectivity index (χ1v) is 3.41. The van der Waals surface area contributed by atoms with Crippen LogP contribution in [0.5, 0.6) is 0 Å². The molecule has 0 bridgehead atoms. The molecule has 0 aromatic heterocycles. The normalized spacial score (nSPS) is 18.2. The van der Waals surface area contributed by atoms with Gasteiger partial charge in [0.05, 0.1) is 0 Å². The van der Waals surface area contributed by atoms with Crippen molar-refractivity contribution in [3.8, 4) is 0 Å². The van der Waals surface area contributed by atoms with Crippen LogP contribution in [0.15, 0.2) is 0 Å². The lowest BCUT2D eigenvalue weighted by Crippen LogP contribution is -1.91. The van der Waals surface area contributed by atoms with Crippen molar-refractivity contribution < 1.29 is 4.79 Å². The predicted molar refractivity (Wildman–Crippen MR) is 44.5 cm³/mol. The van der Waals surface area contributed by atoms with Crippen LogP contribution in [0.2, 0.25) is 0 Å². The molecule has 0 unspecified atom stereocenters. The smallest absolute Gasteiger partial charge is 0.132 e. The molecule has 10 heavy (non-hydrogen) atoms. The Kier molecular flexibility index (Phi) is 8.31. The van der Waals surface area contributed by atoms with Crippen LogP contribution in [0, 0.1) is 0 Å². The molecule has 0 aromatic carbocycles. The van der Waals surface area contributed by atoms with Crippen molar-refractivity contribution >= 4 is 5.78 Å². The Labute approximate surface area is 63.6 Å². The minimum Gasteiger partial charge on any atom is -0.344 e. The van der Waals surface area contributed by atoms with E-state index in [4.69, 9.17) is 0 Å². The lowest BCUT2D eigenvalue weighted by atomic mass is 10.2. The summed E-state index contributed by atoms with van der Waals surface area (Å²) in [6.45, 7) is 0. The molecule has 3 N–H and O–H groups in total. The zero-order chi connectivity index (χ0) is 5.82. The van der Waals surface area contributed by atoms with Crippen LogP contribution in [0.25, 0.3) is 0 Å². The SMILES string of the molecule is C.N.O=C1CCCCCC1. The summed E-state index contributed by atoms with van der Waals surface area (Å²) < 4.78 is 0. The zero-order valence-electron chi connectivity index (χ0n) is 5.86. The molecular formula is C8H19NO. The van der Waals surface area contributed by atoms with E-state index >= 15 is 0 Å². The van der Waals surface area contributed by atoms with Crippen LogP contribution >= 0.6 is 0 Å². The topological polar surface area (TPSA) is 52.1 Å². The Balaban J connectivity index is 0. The highest BCUT2D eigenvalue weighted by atomic mass is 16.1. The predicted octanol–water partition coefficient (Wildman–Crippen LogP) is 2.71. The fourth-order valence-electron chi connectivity index (χ4n) is 1.12. The van der Waals surface area contributed by atoms with Crippen LogP contribution in [0.3, 0.4) is 0 Å². The molecule has 2 nitrogen and oxygen atoms in total. The molecule has 0 saturated heterocycles. The van der Waals surface area contributed by atoms with Crippen molar-refractivity contribution in [2.45, 2.75) is 46.0 Å². The number of ketones is 1. The maximum absolute atomic E-state index is 10.7. The molecule has 1 rings (SSSR count). The van der Waals surface area contributed by atoms with Gasteiger partial charge < -0.3 is 6.15 Å². The monoisotopic (exact) mass is 145 g/mol. The molecule has 0 aromatic rings. The van der Waals surface area contributed by atoms with E-state index in [1.807, 2.05) is 0 Å². The third-order valence-electron chi connectivity index (χ3n) is 1.66. The van der Waals surface area contributed by atoms with E-state index in [0.29, 0.717) is 5.78 Å². The average molecular weight is 145 g/mol. The quantitative estimate of drug-likeness (QED) is 0.533. The van der Waals surface area contributed by atoms with Gasteiger partial charge in [0.15, 0.2) is 0 Å². The summed E-state index contributed by atoms with van der Waals surface area (Å²) in [4.78, 5) is 10.7. The van der Waals surface area contributed by atoms with Gasteiger partial charge in [-0.1, -0.05) is 20.3 Å². The Hall–Kier alpha value is -0.370. The number of hydrogen-bond acceptors (Lipinski definition) is 2. The number of Topliss-reactive ketones (excluding diaryl/α,β-unsaturated/α-hetero) is 1. The number of carbonyl (C=O) groups is 1. The summed E-state index contributed by atoms with van der Waals surface area (Å²) in [7, 11) is 0. The van der Waals surface area contributed by atoms with Gasteiger partial charge in [0.25, 0.3) is 0 Å². The maximum Gasteiger partial charge on any atom is 0.132 e. The lowest BCUT2D eigenvalue weighted by molar-refractivity contribution is -0.118. The molecule has 1 aliphatic carbocycles. The molecule has 0 aliphatic heterocycles. The van der Waals surface area contributed by atoms with E-state index in [1.54, 1.807) is 0 Å². The molecule has 0 atom stereocenters. The molecule has 1 fully saturated rings. The summed E-state index contributed by atoms with van der Waals surface area (Å²) in [6.07, 6.45) is 6.51. The summed E-state index contributed by atoms with van der Waals surface area (Å²) in [5.74, 6) is 0.475. The first-order valence-electron chi connectivity index (χ1n) is 3.41. The van der Waals surface area contributed by atoms with Gasteiger partial charge >= 0.3 is 0 Å². The second-order valence-corrected chi connectivity index (χ2v) is 2.45. The Morgan fingerprint density at radius 2 is 1.30 bits per heavy atom. The molecule has 0 heterocycles. The molecule has 0 spiro atoms. The fraction of sp³-hybridized carbons (Fsp3) is 0.875. The highest BCUT2D eigenvalue weighted by molar-refractivity contribution is 5.78. The van der Waals surface area contributed by atoms with Crippen molar-refractivity contribution in [1.82, 2.24) is 6.15 Å². The van der Waals surface area contributed by atoms with Crippen LogP contribution in [-0.2, 0) is 4.79 Å². The number of rotatable bonds is 0. The summed E-state index contributed by atoms with van der Waals surface area (Å²) in [5.41, 5.74) is 0. The van der Waals surface area contributed by atoms with Gasteiger partial charge in [-0.25, -0.2) is 0 Å². The lowest BCUT2D eigenvalue weighted by Gasteiger charge is -1.87. The Bertz CT molecular complexity index is 81.3. The van der Waals surface area contributed by atoms with Crippen LogP contribution in [0.1, 0.15) is 46.0 Å². The van der Waals surface area contributed by atoms with Gasteiger partial charge in [0.1, 0.15) is 5.78 Å². The zero-order valence-corrected chi connectivity index (χ0v) is 5.86. The largest absolute Gasteiger partial charge is 0.344 e. The minimum atomic E-state index is 0. The van der Waals surface area contributed by atoms with Gasteiger partial charge in [-0.05, 0) is 12.8 Å². The summed E-state index contributed by atoms with van der Waals surface area (Å²) >= 11 is 0. The minimum absolute atomic E-state index is 0. The molecule has 1 saturated carbocycles. The van der Waals surface area contributed by atoms with Crippen molar-refractivity contribution in [3.05, 3.63) is 0 Å². The average Bonchev–Trinajstić information content (AvgIpc) is 1.94. The first-order chi connectivity index (χ1) is 3.89. The van der Waals surface area contributed by atoms with E-state index in [0.717, 1.165) is 25.7 Å². The third-order valence-corrected chi connectivity index (χ3v) is 1.66. The second-order valence-electron chi connectivity index (χ2n) is 2.45. The van der Waals surface area contributed by atoms with Gasteiger partial charge in [-0.3, -0.25) is 4.79 Å². The molecular weight excluding hydrogens is 126 g/mol. The number of carbonyl (C=O) groups excluding carboxylic acids is 1. The Morgan fingerprint density at radius 3 is 1.70 bits per heavy atom. The fourth-order valence-corrected chi connectivity index (χ4v) is 1.12. The van der Waals surface area contributed by atoms with E-state index in [9.17, 15) is 4.79 Å². The van der Waals surface area contributed by atoms with E-state index in [-0.39, 0.29) is 13.6 Å². The maximum atomic E-state index is 10.7.